The third kappa shape index (κ3) is 4.12. The Bertz CT molecular complexity index is 404. The lowest BCUT2D eigenvalue weighted by Gasteiger charge is -2.10. The molecular formula is C13H14ClFO. The van der Waals surface area contributed by atoms with Crippen LogP contribution in [0.1, 0.15) is 19.4 Å². The van der Waals surface area contributed by atoms with E-state index in [0.29, 0.717) is 23.8 Å². The lowest BCUT2D eigenvalue weighted by Crippen LogP contribution is -2.05. The van der Waals surface area contributed by atoms with E-state index in [9.17, 15) is 4.39 Å². The molecule has 0 aliphatic heterocycles. The smallest absolute Gasteiger partial charge is 0.135 e. The topological polar surface area (TPSA) is 9.23 Å². The van der Waals surface area contributed by atoms with Crippen molar-refractivity contribution in [2.24, 2.45) is 5.92 Å². The summed E-state index contributed by atoms with van der Waals surface area (Å²) in [7, 11) is 0. The second-order valence-electron chi connectivity index (χ2n) is 3.78. The Morgan fingerprint density at radius 1 is 1.44 bits per heavy atom. The Labute approximate surface area is 101 Å². The molecule has 0 aliphatic carbocycles. The summed E-state index contributed by atoms with van der Waals surface area (Å²) in [5.74, 6) is 6.39. The number of ether oxygens (including phenoxy) is 1. The molecule has 1 aromatic rings. The highest BCUT2D eigenvalue weighted by molar-refractivity contribution is 6.19. The van der Waals surface area contributed by atoms with Gasteiger partial charge in [0.05, 0.1) is 18.1 Å². The first-order chi connectivity index (χ1) is 7.63. The van der Waals surface area contributed by atoms with Gasteiger partial charge in [-0.25, -0.2) is 4.39 Å². The maximum absolute atomic E-state index is 13.0. The molecular weight excluding hydrogens is 227 g/mol. The van der Waals surface area contributed by atoms with Crippen molar-refractivity contribution in [2.75, 3.05) is 12.5 Å². The van der Waals surface area contributed by atoms with E-state index in [2.05, 4.69) is 11.8 Å². The fourth-order valence-corrected chi connectivity index (χ4v) is 1.18. The van der Waals surface area contributed by atoms with Crippen LogP contribution in [0.3, 0.4) is 0 Å². The monoisotopic (exact) mass is 240 g/mol. The Morgan fingerprint density at radius 3 is 2.81 bits per heavy atom. The molecule has 16 heavy (non-hydrogen) atoms. The molecule has 1 rings (SSSR count). The van der Waals surface area contributed by atoms with Crippen molar-refractivity contribution in [3.05, 3.63) is 29.6 Å². The lowest BCUT2D eigenvalue weighted by molar-refractivity contribution is 0.270. The van der Waals surface area contributed by atoms with Gasteiger partial charge in [-0.2, -0.15) is 0 Å². The fraction of sp³-hybridized carbons (Fsp3) is 0.385. The van der Waals surface area contributed by atoms with Gasteiger partial charge in [0.1, 0.15) is 11.6 Å². The number of alkyl halides is 1. The van der Waals surface area contributed by atoms with E-state index in [1.54, 1.807) is 6.07 Å². The van der Waals surface area contributed by atoms with Gasteiger partial charge >= 0.3 is 0 Å². The van der Waals surface area contributed by atoms with Crippen LogP contribution in [-0.4, -0.2) is 12.5 Å². The molecule has 86 valence electrons. The van der Waals surface area contributed by atoms with Crippen LogP contribution in [0.15, 0.2) is 18.2 Å². The molecule has 0 fully saturated rings. The highest BCUT2D eigenvalue weighted by atomic mass is 35.5. The van der Waals surface area contributed by atoms with Crippen molar-refractivity contribution >= 4 is 11.6 Å². The second-order valence-corrected chi connectivity index (χ2v) is 4.05. The fourth-order valence-electron chi connectivity index (χ4n) is 1.11. The molecule has 3 heteroatoms. The third-order valence-electron chi connectivity index (χ3n) is 1.80. The molecule has 0 saturated heterocycles. The van der Waals surface area contributed by atoms with Crippen LogP contribution in [0.25, 0.3) is 0 Å². The zero-order valence-corrected chi connectivity index (χ0v) is 10.1. The van der Waals surface area contributed by atoms with Crippen molar-refractivity contribution < 1.29 is 9.13 Å². The minimum Gasteiger partial charge on any atom is -0.492 e. The van der Waals surface area contributed by atoms with Crippen molar-refractivity contribution in [2.45, 2.75) is 13.8 Å². The molecule has 0 spiro atoms. The number of hydrogen-bond acceptors (Lipinski definition) is 1. The summed E-state index contributed by atoms with van der Waals surface area (Å²) in [6, 6.07) is 4.31. The zero-order chi connectivity index (χ0) is 12.0. The minimum atomic E-state index is -0.323. The van der Waals surface area contributed by atoms with E-state index in [4.69, 9.17) is 16.3 Å². The predicted octanol–water partition coefficient (Wildman–Crippen LogP) is 3.45. The molecule has 0 aromatic heterocycles. The van der Waals surface area contributed by atoms with Gasteiger partial charge in [-0.05, 0) is 24.1 Å². The lowest BCUT2D eigenvalue weighted by atomic mass is 10.2. The van der Waals surface area contributed by atoms with E-state index in [0.717, 1.165) is 0 Å². The van der Waals surface area contributed by atoms with Gasteiger partial charge < -0.3 is 4.74 Å². The maximum Gasteiger partial charge on any atom is 0.135 e. The Kier molecular flexibility index (Phi) is 5.14. The van der Waals surface area contributed by atoms with Crippen LogP contribution < -0.4 is 4.74 Å². The van der Waals surface area contributed by atoms with E-state index in [1.807, 2.05) is 13.8 Å². The maximum atomic E-state index is 13.0. The highest BCUT2D eigenvalue weighted by Gasteiger charge is 2.04. The number of hydrogen-bond donors (Lipinski definition) is 0. The number of benzene rings is 1. The van der Waals surface area contributed by atoms with Crippen molar-refractivity contribution in [3.8, 4) is 17.6 Å². The Balaban J connectivity index is 2.89. The molecule has 1 aromatic carbocycles. The number of halogens is 2. The molecule has 0 heterocycles. The van der Waals surface area contributed by atoms with Crippen LogP contribution >= 0.6 is 11.6 Å². The normalized spacial score (nSPS) is 9.81. The summed E-state index contributed by atoms with van der Waals surface area (Å²) in [6.45, 7) is 4.68. The average molecular weight is 241 g/mol. The highest BCUT2D eigenvalue weighted by Crippen LogP contribution is 2.19. The zero-order valence-electron chi connectivity index (χ0n) is 9.39. The quantitative estimate of drug-likeness (QED) is 0.581. The summed E-state index contributed by atoms with van der Waals surface area (Å²) < 4.78 is 18.6. The van der Waals surface area contributed by atoms with Crippen molar-refractivity contribution in [1.29, 1.82) is 0 Å². The van der Waals surface area contributed by atoms with E-state index < -0.39 is 0 Å². The van der Waals surface area contributed by atoms with Gasteiger partial charge in [-0.3, -0.25) is 0 Å². The molecule has 0 bridgehead atoms. The average Bonchev–Trinajstić information content (AvgIpc) is 2.24. The van der Waals surface area contributed by atoms with E-state index >= 15 is 0 Å². The predicted molar refractivity (Wildman–Crippen MR) is 64.3 cm³/mol. The molecule has 0 amide bonds. The van der Waals surface area contributed by atoms with Gasteiger partial charge in [0.2, 0.25) is 0 Å². The van der Waals surface area contributed by atoms with Gasteiger partial charge in [-0.15, -0.1) is 11.6 Å². The molecule has 0 radical (unpaired) electrons. The molecule has 0 saturated carbocycles. The van der Waals surface area contributed by atoms with Crippen LogP contribution in [0.4, 0.5) is 4.39 Å². The summed E-state index contributed by atoms with van der Waals surface area (Å²) in [5, 5.41) is 0. The van der Waals surface area contributed by atoms with E-state index in [1.165, 1.54) is 12.1 Å². The van der Waals surface area contributed by atoms with Gasteiger partial charge in [0.25, 0.3) is 0 Å². The van der Waals surface area contributed by atoms with Crippen LogP contribution in [0, 0.1) is 23.6 Å². The molecule has 0 unspecified atom stereocenters. The Morgan fingerprint density at radius 2 is 2.19 bits per heavy atom. The van der Waals surface area contributed by atoms with Crippen molar-refractivity contribution in [1.82, 2.24) is 0 Å². The summed E-state index contributed by atoms with van der Waals surface area (Å²) in [4.78, 5) is 0. The summed E-state index contributed by atoms with van der Waals surface area (Å²) >= 11 is 5.46. The van der Waals surface area contributed by atoms with Gasteiger partial charge in [0, 0.05) is 0 Å². The first kappa shape index (κ1) is 12.9. The molecule has 0 N–H and O–H groups in total. The second kappa shape index (κ2) is 6.40. The minimum absolute atomic E-state index is 0.222. The van der Waals surface area contributed by atoms with E-state index in [-0.39, 0.29) is 11.7 Å². The largest absolute Gasteiger partial charge is 0.492 e. The van der Waals surface area contributed by atoms with Crippen LogP contribution in [0.5, 0.6) is 5.75 Å². The van der Waals surface area contributed by atoms with Crippen molar-refractivity contribution in [3.63, 3.8) is 0 Å². The molecule has 0 aliphatic rings. The summed E-state index contributed by atoms with van der Waals surface area (Å²) in [6.07, 6.45) is 0. The van der Waals surface area contributed by atoms with Gasteiger partial charge in [0.15, 0.2) is 0 Å². The number of rotatable bonds is 3. The molecule has 1 nitrogen and oxygen atoms in total. The first-order valence-electron chi connectivity index (χ1n) is 5.10. The van der Waals surface area contributed by atoms with Crippen LogP contribution in [-0.2, 0) is 0 Å². The first-order valence-corrected chi connectivity index (χ1v) is 5.64. The standard InChI is InChI=1S/C13H14ClFO/c1-10(2)9-16-13-6-5-12(15)8-11(13)4-3-7-14/h5-6,8,10H,7,9H2,1-2H3. The Hall–Kier alpha value is -1.20. The third-order valence-corrected chi connectivity index (χ3v) is 1.94. The molecule has 0 atom stereocenters. The SMILES string of the molecule is CC(C)COc1ccc(F)cc1C#CCCl. The summed E-state index contributed by atoms with van der Waals surface area (Å²) in [5.41, 5.74) is 0.543. The van der Waals surface area contributed by atoms with Gasteiger partial charge in [-0.1, -0.05) is 25.7 Å². The van der Waals surface area contributed by atoms with Crippen LogP contribution in [0.2, 0.25) is 0 Å².